The molecule has 0 aromatic carbocycles. The van der Waals surface area contributed by atoms with Crippen molar-refractivity contribution in [3.05, 3.63) is 48.6 Å². The minimum absolute atomic E-state index is 0.0490. The van der Waals surface area contributed by atoms with Crippen molar-refractivity contribution in [1.29, 1.82) is 0 Å². The summed E-state index contributed by atoms with van der Waals surface area (Å²) in [6.45, 7) is 3.66. The maximum atomic E-state index is 12.6. The Morgan fingerprint density at radius 2 is 0.945 bits per heavy atom. The van der Waals surface area contributed by atoms with Crippen molar-refractivity contribution in [2.75, 3.05) is 26.4 Å². The highest BCUT2D eigenvalue weighted by molar-refractivity contribution is 7.47. The molecule has 9 nitrogen and oxygen atoms in total. The summed E-state index contributed by atoms with van der Waals surface area (Å²) in [6, 6.07) is 0. The largest absolute Gasteiger partial charge is 0.472 e. The van der Waals surface area contributed by atoms with Crippen molar-refractivity contribution in [3.8, 4) is 0 Å². The van der Waals surface area contributed by atoms with Gasteiger partial charge < -0.3 is 20.1 Å². The van der Waals surface area contributed by atoms with E-state index in [-0.39, 0.29) is 32.6 Å². The molecule has 0 aliphatic heterocycles. The predicted molar refractivity (Wildman–Crippen MR) is 229 cm³/mol. The summed E-state index contributed by atoms with van der Waals surface area (Å²) in [4.78, 5) is 34.9. The molecule has 2 atom stereocenters. The second kappa shape index (κ2) is 41.6. The van der Waals surface area contributed by atoms with E-state index in [4.69, 9.17) is 24.3 Å². The molecule has 0 spiro atoms. The number of carbonyl (C=O) groups is 2. The highest BCUT2D eigenvalue weighted by atomic mass is 31.2. The van der Waals surface area contributed by atoms with Gasteiger partial charge in [-0.15, -0.1) is 0 Å². The molecule has 0 bridgehead atoms. The molecule has 0 saturated carbocycles. The topological polar surface area (TPSA) is 134 Å². The highest BCUT2D eigenvalue weighted by Crippen LogP contribution is 2.43. The van der Waals surface area contributed by atoms with E-state index in [1.807, 2.05) is 0 Å². The molecule has 0 aliphatic rings. The molecular weight excluding hydrogens is 713 g/mol. The van der Waals surface area contributed by atoms with E-state index in [2.05, 4.69) is 62.5 Å². The fourth-order valence-electron chi connectivity index (χ4n) is 5.87. The van der Waals surface area contributed by atoms with Gasteiger partial charge in [-0.05, 0) is 77.0 Å². The van der Waals surface area contributed by atoms with Crippen molar-refractivity contribution in [1.82, 2.24) is 0 Å². The van der Waals surface area contributed by atoms with Crippen LogP contribution in [0.15, 0.2) is 48.6 Å². The zero-order chi connectivity index (χ0) is 40.3. The summed E-state index contributed by atoms with van der Waals surface area (Å²) >= 11 is 0. The predicted octanol–water partition coefficient (Wildman–Crippen LogP) is 12.7. The van der Waals surface area contributed by atoms with Gasteiger partial charge in [-0.25, -0.2) is 4.57 Å². The van der Waals surface area contributed by atoms with Crippen molar-refractivity contribution in [2.24, 2.45) is 5.73 Å². The summed E-state index contributed by atoms with van der Waals surface area (Å²) in [5, 5.41) is 0. The number of unbranched alkanes of at least 4 members (excludes halogenated alkanes) is 20. The Bertz CT molecular complexity index is 1040. The number of allylic oxidation sites excluding steroid dienone is 8. The van der Waals surface area contributed by atoms with Crippen LogP contribution in [0.3, 0.4) is 0 Å². The lowest BCUT2D eigenvalue weighted by Gasteiger charge is -2.19. The summed E-state index contributed by atoms with van der Waals surface area (Å²) < 4.78 is 32.8. The first kappa shape index (κ1) is 53.0. The van der Waals surface area contributed by atoms with Gasteiger partial charge in [0.15, 0.2) is 6.10 Å². The van der Waals surface area contributed by atoms with Crippen molar-refractivity contribution in [3.63, 3.8) is 0 Å². The van der Waals surface area contributed by atoms with Gasteiger partial charge in [0.25, 0.3) is 0 Å². The van der Waals surface area contributed by atoms with E-state index in [0.29, 0.717) is 6.42 Å². The quantitative estimate of drug-likeness (QED) is 0.0268. The fraction of sp³-hybridized carbons (Fsp3) is 0.778. The second-order valence-corrected chi connectivity index (χ2v) is 16.0. The van der Waals surface area contributed by atoms with E-state index in [1.54, 1.807) is 0 Å². The molecule has 55 heavy (non-hydrogen) atoms. The van der Waals surface area contributed by atoms with Crippen LogP contribution in [0.5, 0.6) is 0 Å². The van der Waals surface area contributed by atoms with E-state index in [0.717, 1.165) is 77.0 Å². The molecule has 0 saturated heterocycles. The third-order valence-corrected chi connectivity index (χ3v) is 10.2. The Hall–Kier alpha value is -2.03. The molecule has 2 unspecified atom stereocenters. The SMILES string of the molecule is CCCCCC=CCC=CCCCCCCCCCCCC(=O)OCC(COP(=O)(O)OCCN)OC(=O)CCCCCCCC=CCC=CCCCCC. The maximum absolute atomic E-state index is 12.6. The van der Waals surface area contributed by atoms with E-state index in [9.17, 15) is 19.0 Å². The molecule has 0 aromatic heterocycles. The molecule has 0 fully saturated rings. The number of rotatable bonds is 41. The molecule has 3 N–H and O–H groups in total. The van der Waals surface area contributed by atoms with Crippen LogP contribution < -0.4 is 5.73 Å². The van der Waals surface area contributed by atoms with Crippen molar-refractivity contribution in [2.45, 2.75) is 200 Å². The number of ether oxygens (including phenoxy) is 2. The molecule has 0 radical (unpaired) electrons. The van der Waals surface area contributed by atoms with Crippen LogP contribution in [0.25, 0.3) is 0 Å². The third-order valence-electron chi connectivity index (χ3n) is 9.19. The smallest absolute Gasteiger partial charge is 0.462 e. The Labute approximate surface area is 336 Å². The van der Waals surface area contributed by atoms with Crippen molar-refractivity contribution < 1.29 is 37.6 Å². The minimum atomic E-state index is -4.38. The summed E-state index contributed by atoms with van der Waals surface area (Å²) in [5.41, 5.74) is 5.35. The van der Waals surface area contributed by atoms with Crippen LogP contribution in [-0.2, 0) is 32.7 Å². The van der Waals surface area contributed by atoms with Gasteiger partial charge in [-0.2, -0.15) is 0 Å². The van der Waals surface area contributed by atoms with E-state index in [1.165, 1.54) is 83.5 Å². The Morgan fingerprint density at radius 3 is 1.38 bits per heavy atom. The number of esters is 2. The van der Waals surface area contributed by atoms with Crippen LogP contribution in [0.1, 0.15) is 194 Å². The van der Waals surface area contributed by atoms with E-state index >= 15 is 0 Å². The lowest BCUT2D eigenvalue weighted by Crippen LogP contribution is -2.29. The lowest BCUT2D eigenvalue weighted by atomic mass is 10.1. The average Bonchev–Trinajstić information content (AvgIpc) is 3.17. The van der Waals surface area contributed by atoms with E-state index < -0.39 is 32.5 Å². The van der Waals surface area contributed by atoms with Crippen molar-refractivity contribution >= 4 is 19.8 Å². The van der Waals surface area contributed by atoms with Crippen LogP contribution in [0.2, 0.25) is 0 Å². The molecule has 0 aromatic rings. The number of hydrogen-bond donors (Lipinski definition) is 2. The molecule has 0 amide bonds. The zero-order valence-corrected chi connectivity index (χ0v) is 36.0. The first-order valence-electron chi connectivity index (χ1n) is 22.1. The van der Waals surface area contributed by atoms with Gasteiger partial charge in [0.05, 0.1) is 13.2 Å². The first-order valence-corrected chi connectivity index (χ1v) is 23.6. The van der Waals surface area contributed by atoms with Crippen LogP contribution in [0.4, 0.5) is 0 Å². The second-order valence-electron chi connectivity index (χ2n) is 14.6. The number of nitrogens with two attached hydrogens (primary N) is 1. The number of carbonyl (C=O) groups excluding carboxylic acids is 2. The van der Waals surface area contributed by atoms with Crippen LogP contribution in [0, 0.1) is 0 Å². The van der Waals surface area contributed by atoms with Gasteiger partial charge >= 0.3 is 19.8 Å². The number of phosphoric acid groups is 1. The van der Waals surface area contributed by atoms with Gasteiger partial charge in [0, 0.05) is 19.4 Å². The van der Waals surface area contributed by atoms with Crippen LogP contribution >= 0.6 is 7.82 Å². The number of hydrogen-bond acceptors (Lipinski definition) is 8. The van der Waals surface area contributed by atoms with Gasteiger partial charge in [0.2, 0.25) is 0 Å². The fourth-order valence-corrected chi connectivity index (χ4v) is 6.64. The Balaban J connectivity index is 4.15. The zero-order valence-electron chi connectivity index (χ0n) is 35.2. The first-order chi connectivity index (χ1) is 26.8. The summed E-state index contributed by atoms with van der Waals surface area (Å²) in [6.07, 6.45) is 47.0. The highest BCUT2D eigenvalue weighted by Gasteiger charge is 2.26. The summed E-state index contributed by atoms with van der Waals surface area (Å²) in [5.74, 6) is -0.849. The Morgan fingerprint density at radius 1 is 0.545 bits per heavy atom. The molecule has 10 heteroatoms. The normalized spacial score (nSPS) is 13.7. The maximum Gasteiger partial charge on any atom is 0.472 e. The van der Waals surface area contributed by atoms with Crippen LogP contribution in [-0.4, -0.2) is 49.3 Å². The molecular formula is C45H82NO8P. The lowest BCUT2D eigenvalue weighted by molar-refractivity contribution is -0.161. The van der Waals surface area contributed by atoms with Gasteiger partial charge in [0.1, 0.15) is 6.61 Å². The molecule has 0 heterocycles. The molecule has 320 valence electrons. The van der Waals surface area contributed by atoms with Gasteiger partial charge in [-0.3, -0.25) is 18.6 Å². The minimum Gasteiger partial charge on any atom is -0.462 e. The van der Waals surface area contributed by atoms with Gasteiger partial charge in [-0.1, -0.05) is 152 Å². The standard InChI is InChI=1S/C45H82NO8P/c1-3-5-7-9-11-13-15-17-19-20-21-22-24-25-27-29-31-33-35-37-44(47)51-41-43(42-53-55(49,50)52-40-39-46)54-45(48)38-36-34-32-30-28-26-23-18-16-14-12-10-8-6-4-2/h11-14,17-19,23,43H,3-10,15-16,20-22,24-42,46H2,1-2H3,(H,49,50). The molecule has 0 rings (SSSR count). The third kappa shape index (κ3) is 41.4. The summed E-state index contributed by atoms with van der Waals surface area (Å²) in [7, 11) is -4.38. The Kier molecular flexibility index (Phi) is 40.1. The monoisotopic (exact) mass is 796 g/mol. The number of phosphoric ester groups is 1. The average molecular weight is 796 g/mol. The molecule has 0 aliphatic carbocycles.